The van der Waals surface area contributed by atoms with Crippen LogP contribution in [0.1, 0.15) is 20.8 Å². The Morgan fingerprint density at radius 2 is 1.92 bits per heavy atom. The van der Waals surface area contributed by atoms with E-state index in [9.17, 15) is 9.59 Å². The molecule has 0 atom stereocenters. The molecule has 68 valence electrons. The van der Waals surface area contributed by atoms with Crippen molar-refractivity contribution >= 4 is 23.7 Å². The summed E-state index contributed by atoms with van der Waals surface area (Å²) in [5.41, 5.74) is -0.908. The fraction of sp³-hybridized carbons (Fsp3) is 0.714. The minimum absolute atomic E-state index is 0.245. The zero-order valence-corrected chi connectivity index (χ0v) is 8.05. The lowest BCUT2D eigenvalue weighted by Gasteiger charge is -2.19. The predicted molar refractivity (Wildman–Crippen MR) is 44.6 cm³/mol. The largest absolute Gasteiger partial charge is 0.342 e. The molecule has 4 nitrogen and oxygen atoms in total. The summed E-state index contributed by atoms with van der Waals surface area (Å²) in [6.45, 7) is 5.35. The van der Waals surface area contributed by atoms with E-state index in [-0.39, 0.29) is 5.91 Å². The molecular formula is C7H11ClN2O2. The van der Waals surface area contributed by atoms with Crippen LogP contribution >= 0.6 is 11.8 Å². The highest BCUT2D eigenvalue weighted by Crippen LogP contribution is 2.28. The van der Waals surface area contributed by atoms with Crippen molar-refractivity contribution in [1.29, 1.82) is 0 Å². The zero-order chi connectivity index (χ0) is 9.52. The van der Waals surface area contributed by atoms with E-state index in [1.54, 1.807) is 20.8 Å². The molecule has 3 amide bonds. The highest BCUT2D eigenvalue weighted by molar-refractivity contribution is 6.27. The molecule has 1 heterocycles. The third-order valence-corrected chi connectivity index (χ3v) is 2.54. The van der Waals surface area contributed by atoms with Gasteiger partial charge in [0.1, 0.15) is 5.54 Å². The lowest BCUT2D eigenvalue weighted by molar-refractivity contribution is -0.130. The first-order chi connectivity index (χ1) is 5.42. The molecule has 0 aromatic rings. The van der Waals surface area contributed by atoms with E-state index in [0.717, 1.165) is 9.32 Å². The van der Waals surface area contributed by atoms with Gasteiger partial charge in [-0.2, -0.15) is 0 Å². The summed E-state index contributed by atoms with van der Waals surface area (Å²) in [5.74, 6) is -0.245. The number of amides is 3. The number of nitrogens with zero attached hydrogens (tertiary/aromatic N) is 2. The van der Waals surface area contributed by atoms with Crippen LogP contribution in [0.2, 0.25) is 0 Å². The van der Waals surface area contributed by atoms with Crippen molar-refractivity contribution in [3.05, 3.63) is 0 Å². The van der Waals surface area contributed by atoms with E-state index >= 15 is 0 Å². The molecule has 0 spiro atoms. The number of hydrogen-bond acceptors (Lipinski definition) is 2. The second-order valence-corrected chi connectivity index (χ2v) is 3.51. The van der Waals surface area contributed by atoms with Gasteiger partial charge in [-0.3, -0.25) is 9.69 Å². The minimum atomic E-state index is -0.908. The van der Waals surface area contributed by atoms with Crippen molar-refractivity contribution in [2.24, 2.45) is 0 Å². The molecule has 1 fully saturated rings. The third kappa shape index (κ3) is 0.982. The Hall–Kier alpha value is -0.770. The van der Waals surface area contributed by atoms with Crippen LogP contribution in [-0.2, 0) is 4.79 Å². The maximum absolute atomic E-state index is 11.5. The van der Waals surface area contributed by atoms with Gasteiger partial charge in [0.2, 0.25) is 0 Å². The predicted octanol–water partition coefficient (Wildman–Crippen LogP) is 1.20. The van der Waals surface area contributed by atoms with Crippen molar-refractivity contribution in [2.45, 2.75) is 26.3 Å². The first-order valence-corrected chi connectivity index (χ1v) is 4.08. The molecule has 5 heteroatoms. The van der Waals surface area contributed by atoms with E-state index in [1.807, 2.05) is 0 Å². The van der Waals surface area contributed by atoms with E-state index < -0.39 is 11.6 Å². The number of hydrogen-bond donors (Lipinski definition) is 0. The highest BCUT2D eigenvalue weighted by Gasteiger charge is 2.50. The molecule has 1 aliphatic rings. The lowest BCUT2D eigenvalue weighted by Crippen LogP contribution is -2.39. The average molecular weight is 191 g/mol. The summed E-state index contributed by atoms with van der Waals surface area (Å²) in [6.07, 6.45) is 0. The zero-order valence-electron chi connectivity index (χ0n) is 7.30. The first kappa shape index (κ1) is 9.32. The van der Waals surface area contributed by atoms with Crippen LogP contribution in [-0.4, -0.2) is 33.3 Å². The quantitative estimate of drug-likeness (QED) is 0.461. The van der Waals surface area contributed by atoms with Gasteiger partial charge in [-0.25, -0.2) is 9.21 Å². The van der Waals surface area contributed by atoms with Gasteiger partial charge in [-0.05, 0) is 20.8 Å². The molecule has 0 N–H and O–H groups in total. The lowest BCUT2D eigenvalue weighted by atomic mass is 10.1. The fourth-order valence-electron chi connectivity index (χ4n) is 1.13. The summed E-state index contributed by atoms with van der Waals surface area (Å²) < 4.78 is 0.943. The van der Waals surface area contributed by atoms with Gasteiger partial charge in [-0.1, -0.05) is 0 Å². The van der Waals surface area contributed by atoms with Crippen molar-refractivity contribution in [2.75, 3.05) is 6.54 Å². The number of rotatable bonds is 1. The molecule has 0 radical (unpaired) electrons. The summed E-state index contributed by atoms with van der Waals surface area (Å²) in [4.78, 5) is 23.9. The van der Waals surface area contributed by atoms with Crippen molar-refractivity contribution < 1.29 is 9.59 Å². The van der Waals surface area contributed by atoms with Gasteiger partial charge in [0.15, 0.2) is 0 Å². The molecule has 12 heavy (non-hydrogen) atoms. The van der Waals surface area contributed by atoms with Crippen LogP contribution in [0.3, 0.4) is 0 Å². The van der Waals surface area contributed by atoms with Crippen LogP contribution in [0.15, 0.2) is 0 Å². The van der Waals surface area contributed by atoms with E-state index in [4.69, 9.17) is 11.8 Å². The van der Waals surface area contributed by atoms with Crippen LogP contribution < -0.4 is 0 Å². The Balaban J connectivity index is 3.02. The number of imide groups is 1. The Bertz CT molecular complexity index is 240. The second-order valence-electron chi connectivity index (χ2n) is 3.17. The summed E-state index contributed by atoms with van der Waals surface area (Å²) in [7, 11) is 0. The van der Waals surface area contributed by atoms with Crippen molar-refractivity contribution in [3.63, 3.8) is 0 Å². The van der Waals surface area contributed by atoms with Crippen LogP contribution in [0.5, 0.6) is 0 Å². The van der Waals surface area contributed by atoms with Gasteiger partial charge >= 0.3 is 6.03 Å². The SMILES string of the molecule is CCN1C(=O)N(Cl)C(C)(C)C1=O. The fourth-order valence-corrected chi connectivity index (χ4v) is 1.29. The molecule has 0 aliphatic carbocycles. The monoisotopic (exact) mass is 190 g/mol. The van der Waals surface area contributed by atoms with E-state index in [0.29, 0.717) is 6.54 Å². The van der Waals surface area contributed by atoms with Crippen LogP contribution in [0, 0.1) is 0 Å². The second kappa shape index (κ2) is 2.62. The molecule has 0 aromatic heterocycles. The molecule has 0 unspecified atom stereocenters. The van der Waals surface area contributed by atoms with Gasteiger partial charge < -0.3 is 0 Å². The third-order valence-electron chi connectivity index (χ3n) is 1.97. The molecule has 0 aromatic carbocycles. The van der Waals surface area contributed by atoms with Crippen LogP contribution in [0.25, 0.3) is 0 Å². The van der Waals surface area contributed by atoms with Gasteiger partial charge in [0, 0.05) is 18.3 Å². The molecular weight excluding hydrogens is 180 g/mol. The topological polar surface area (TPSA) is 40.6 Å². The number of likely N-dealkylation sites (N-methyl/N-ethyl adjacent to an activating group) is 1. The normalized spacial score (nSPS) is 22.3. The standard InChI is InChI=1S/C7H11ClN2O2/c1-4-9-5(11)7(2,3)10(8)6(9)12/h4H2,1-3H3. The molecule has 1 saturated heterocycles. The Labute approximate surface area is 76.2 Å². The molecule has 1 aliphatic heterocycles. The maximum Gasteiger partial charge on any atom is 0.342 e. The molecule has 0 bridgehead atoms. The van der Waals surface area contributed by atoms with Gasteiger partial charge in [0.05, 0.1) is 0 Å². The summed E-state index contributed by atoms with van der Waals surface area (Å²) in [5, 5.41) is 0. The number of urea groups is 1. The van der Waals surface area contributed by atoms with Crippen LogP contribution in [0.4, 0.5) is 4.79 Å². The summed E-state index contributed by atoms with van der Waals surface area (Å²) in [6, 6.07) is -0.436. The Morgan fingerprint density at radius 1 is 1.42 bits per heavy atom. The number of halogens is 1. The molecule has 0 saturated carbocycles. The number of carbonyl (C=O) groups is 2. The highest BCUT2D eigenvalue weighted by atomic mass is 35.5. The van der Waals surface area contributed by atoms with Gasteiger partial charge in [0.25, 0.3) is 5.91 Å². The molecule has 1 rings (SSSR count). The Morgan fingerprint density at radius 3 is 2.08 bits per heavy atom. The maximum atomic E-state index is 11.5. The van der Waals surface area contributed by atoms with Crippen molar-refractivity contribution in [1.82, 2.24) is 9.32 Å². The summed E-state index contributed by atoms with van der Waals surface area (Å²) >= 11 is 5.64. The minimum Gasteiger partial charge on any atom is -0.272 e. The van der Waals surface area contributed by atoms with Gasteiger partial charge in [-0.15, -0.1) is 0 Å². The number of carbonyl (C=O) groups excluding carboxylic acids is 2. The smallest absolute Gasteiger partial charge is 0.272 e. The van der Waals surface area contributed by atoms with Crippen molar-refractivity contribution in [3.8, 4) is 0 Å². The first-order valence-electron chi connectivity index (χ1n) is 3.75. The van der Waals surface area contributed by atoms with E-state index in [2.05, 4.69) is 0 Å². The Kier molecular flexibility index (Phi) is 2.04. The van der Waals surface area contributed by atoms with E-state index in [1.165, 1.54) is 0 Å². The average Bonchev–Trinajstić information content (AvgIpc) is 2.15.